The number of nitrogens with zero attached hydrogens (tertiary/aromatic N) is 4. The quantitative estimate of drug-likeness (QED) is 0.522. The van der Waals surface area contributed by atoms with Crippen molar-refractivity contribution in [2.45, 2.75) is 17.8 Å². The number of fused-ring (bicyclic) bond motifs is 1. The minimum atomic E-state index is 0.619. The average molecular weight is 336 g/mol. The van der Waals surface area contributed by atoms with Gasteiger partial charge in [-0.1, -0.05) is 48.2 Å². The van der Waals surface area contributed by atoms with Gasteiger partial charge in [-0.05, 0) is 24.6 Å². The fourth-order valence-electron chi connectivity index (χ4n) is 2.61. The highest BCUT2D eigenvalue weighted by molar-refractivity contribution is 7.98. The van der Waals surface area contributed by atoms with Gasteiger partial charge in [-0.15, -0.1) is 10.2 Å². The third kappa shape index (κ3) is 2.69. The van der Waals surface area contributed by atoms with E-state index in [1.807, 2.05) is 48.0 Å². The Balaban J connectivity index is 1.56. The third-order valence-corrected chi connectivity index (χ3v) is 4.89. The first-order valence-corrected chi connectivity index (χ1v) is 8.63. The zero-order chi connectivity index (χ0) is 16.5. The summed E-state index contributed by atoms with van der Waals surface area (Å²) in [6, 6.07) is 16.0. The number of benzene rings is 2. The number of para-hydroxylation sites is 2. The van der Waals surface area contributed by atoms with Gasteiger partial charge in [-0.2, -0.15) is 0 Å². The van der Waals surface area contributed by atoms with Gasteiger partial charge in [-0.25, -0.2) is 4.98 Å². The van der Waals surface area contributed by atoms with Crippen molar-refractivity contribution in [3.63, 3.8) is 0 Å². The molecule has 0 N–H and O–H groups in total. The summed E-state index contributed by atoms with van der Waals surface area (Å²) in [5.74, 6) is 2.18. The molecule has 4 rings (SSSR count). The Hall–Kier alpha value is -2.60. The number of hydrogen-bond acceptors (Lipinski definition) is 5. The average Bonchev–Trinajstić information content (AvgIpc) is 3.17. The van der Waals surface area contributed by atoms with Crippen LogP contribution in [0.2, 0.25) is 0 Å². The summed E-state index contributed by atoms with van der Waals surface area (Å²) in [4.78, 5) is 4.49. The molecule has 2 aromatic heterocycles. The van der Waals surface area contributed by atoms with E-state index in [2.05, 4.69) is 34.2 Å². The highest BCUT2D eigenvalue weighted by atomic mass is 32.2. The third-order valence-electron chi connectivity index (χ3n) is 3.88. The Bertz CT molecular complexity index is 972. The molecule has 2 heterocycles. The summed E-state index contributed by atoms with van der Waals surface area (Å²) in [5.41, 5.74) is 3.98. The summed E-state index contributed by atoms with van der Waals surface area (Å²) >= 11 is 1.57. The maximum absolute atomic E-state index is 5.75. The zero-order valence-corrected chi connectivity index (χ0v) is 14.2. The largest absolute Gasteiger partial charge is 0.440 e. The van der Waals surface area contributed by atoms with E-state index in [1.54, 1.807) is 11.8 Å². The number of rotatable bonds is 4. The Kier molecular flexibility index (Phi) is 3.82. The molecule has 0 amide bonds. The summed E-state index contributed by atoms with van der Waals surface area (Å²) in [7, 11) is 1.98. The van der Waals surface area contributed by atoms with Crippen LogP contribution in [-0.2, 0) is 12.8 Å². The van der Waals surface area contributed by atoms with E-state index < -0.39 is 0 Å². The fraction of sp³-hybridized carbons (Fsp3) is 0.167. The Labute approximate surface area is 143 Å². The van der Waals surface area contributed by atoms with Crippen LogP contribution in [0.4, 0.5) is 0 Å². The van der Waals surface area contributed by atoms with E-state index in [0.717, 1.165) is 27.6 Å². The molecule has 0 unspecified atom stereocenters. The highest BCUT2D eigenvalue weighted by Crippen LogP contribution is 2.27. The molecule has 0 aliphatic rings. The Morgan fingerprint density at radius 2 is 1.83 bits per heavy atom. The fourth-order valence-corrected chi connectivity index (χ4v) is 3.36. The van der Waals surface area contributed by atoms with Gasteiger partial charge in [0, 0.05) is 12.6 Å². The van der Waals surface area contributed by atoms with Crippen molar-refractivity contribution in [1.82, 2.24) is 19.7 Å². The monoisotopic (exact) mass is 336 g/mol. The maximum atomic E-state index is 5.75. The Morgan fingerprint density at radius 1 is 1.04 bits per heavy atom. The second-order valence-electron chi connectivity index (χ2n) is 5.54. The molecule has 0 saturated heterocycles. The summed E-state index contributed by atoms with van der Waals surface area (Å²) in [5, 5.41) is 9.49. The van der Waals surface area contributed by atoms with Gasteiger partial charge in [0.15, 0.2) is 16.6 Å². The predicted octanol–water partition coefficient (Wildman–Crippen LogP) is 4.22. The van der Waals surface area contributed by atoms with Gasteiger partial charge < -0.3 is 8.98 Å². The van der Waals surface area contributed by atoms with Crippen molar-refractivity contribution >= 4 is 22.9 Å². The summed E-state index contributed by atoms with van der Waals surface area (Å²) < 4.78 is 7.76. The lowest BCUT2D eigenvalue weighted by Gasteiger charge is -2.05. The van der Waals surface area contributed by atoms with Crippen LogP contribution < -0.4 is 0 Å². The molecular formula is C18H16N4OS. The van der Waals surface area contributed by atoms with E-state index in [-0.39, 0.29) is 0 Å². The van der Waals surface area contributed by atoms with Crippen LogP contribution in [0.3, 0.4) is 0 Å². The smallest absolute Gasteiger partial charge is 0.205 e. The SMILES string of the molecule is Cc1ccccc1-c1nnc(SCc2nc3ccccc3o2)n1C. The van der Waals surface area contributed by atoms with Gasteiger partial charge in [0.1, 0.15) is 5.52 Å². The number of aryl methyl sites for hydroxylation is 1. The lowest BCUT2D eigenvalue weighted by Crippen LogP contribution is -1.96. The van der Waals surface area contributed by atoms with Crippen molar-refractivity contribution in [2.24, 2.45) is 7.05 Å². The van der Waals surface area contributed by atoms with Crippen molar-refractivity contribution in [3.8, 4) is 11.4 Å². The molecule has 2 aromatic carbocycles. The number of thioether (sulfide) groups is 1. The minimum Gasteiger partial charge on any atom is -0.440 e. The van der Waals surface area contributed by atoms with Crippen molar-refractivity contribution in [3.05, 3.63) is 60.0 Å². The molecule has 120 valence electrons. The Morgan fingerprint density at radius 3 is 2.67 bits per heavy atom. The molecule has 0 atom stereocenters. The van der Waals surface area contributed by atoms with Gasteiger partial charge in [0.25, 0.3) is 0 Å². The molecule has 0 fully saturated rings. The minimum absolute atomic E-state index is 0.619. The molecule has 0 bridgehead atoms. The standard InChI is InChI=1S/C18H16N4OS/c1-12-7-3-4-8-13(12)17-20-21-18(22(17)2)24-11-16-19-14-9-5-6-10-15(14)23-16/h3-10H,11H2,1-2H3. The van der Waals surface area contributed by atoms with Crippen molar-refractivity contribution < 1.29 is 4.42 Å². The molecule has 0 aliphatic carbocycles. The maximum Gasteiger partial charge on any atom is 0.205 e. The van der Waals surface area contributed by atoms with Gasteiger partial charge in [-0.3, -0.25) is 0 Å². The second-order valence-corrected chi connectivity index (χ2v) is 6.49. The van der Waals surface area contributed by atoms with Gasteiger partial charge in [0.2, 0.25) is 5.89 Å². The molecular weight excluding hydrogens is 320 g/mol. The molecule has 0 spiro atoms. The van der Waals surface area contributed by atoms with Crippen LogP contribution in [0.5, 0.6) is 0 Å². The molecule has 0 saturated carbocycles. The van der Waals surface area contributed by atoms with E-state index >= 15 is 0 Å². The normalized spacial score (nSPS) is 11.2. The van der Waals surface area contributed by atoms with Crippen molar-refractivity contribution in [2.75, 3.05) is 0 Å². The zero-order valence-electron chi connectivity index (χ0n) is 13.4. The predicted molar refractivity (Wildman–Crippen MR) is 94.7 cm³/mol. The van der Waals surface area contributed by atoms with Crippen LogP contribution in [0.1, 0.15) is 11.5 Å². The molecule has 6 heteroatoms. The van der Waals surface area contributed by atoms with E-state index in [0.29, 0.717) is 11.6 Å². The first-order chi connectivity index (χ1) is 11.7. The lowest BCUT2D eigenvalue weighted by atomic mass is 10.1. The van der Waals surface area contributed by atoms with Crippen molar-refractivity contribution in [1.29, 1.82) is 0 Å². The molecule has 24 heavy (non-hydrogen) atoms. The molecule has 0 aliphatic heterocycles. The first kappa shape index (κ1) is 15.0. The van der Waals surface area contributed by atoms with Gasteiger partial charge >= 0.3 is 0 Å². The highest BCUT2D eigenvalue weighted by Gasteiger charge is 2.14. The summed E-state index contributed by atoms with van der Waals surface area (Å²) in [6.45, 7) is 2.08. The molecule has 5 nitrogen and oxygen atoms in total. The topological polar surface area (TPSA) is 56.7 Å². The number of aromatic nitrogens is 4. The van der Waals surface area contributed by atoms with Crippen LogP contribution in [0, 0.1) is 6.92 Å². The van der Waals surface area contributed by atoms with E-state index in [1.165, 1.54) is 5.56 Å². The van der Waals surface area contributed by atoms with Crippen LogP contribution in [0.25, 0.3) is 22.5 Å². The van der Waals surface area contributed by atoms with E-state index in [9.17, 15) is 0 Å². The summed E-state index contributed by atoms with van der Waals surface area (Å²) in [6.07, 6.45) is 0. The van der Waals surface area contributed by atoms with Crippen LogP contribution >= 0.6 is 11.8 Å². The lowest BCUT2D eigenvalue weighted by molar-refractivity contribution is 0.555. The van der Waals surface area contributed by atoms with Gasteiger partial charge in [0.05, 0.1) is 5.75 Å². The first-order valence-electron chi connectivity index (χ1n) is 7.65. The number of oxazole rings is 1. The molecule has 4 aromatic rings. The number of hydrogen-bond donors (Lipinski definition) is 0. The van der Waals surface area contributed by atoms with Crippen LogP contribution in [0.15, 0.2) is 58.1 Å². The van der Waals surface area contributed by atoms with E-state index in [4.69, 9.17) is 4.42 Å². The second kappa shape index (κ2) is 6.13. The van der Waals surface area contributed by atoms with Crippen LogP contribution in [-0.4, -0.2) is 19.7 Å². The molecule has 0 radical (unpaired) electrons.